The molecule has 2 fully saturated rings. The Labute approximate surface area is 111 Å². The summed E-state index contributed by atoms with van der Waals surface area (Å²) < 4.78 is 6.07. The lowest BCUT2D eigenvalue weighted by Gasteiger charge is -2.28. The molecular weight excluding hydrogens is 226 g/mol. The number of hydrogen-bond acceptors (Lipinski definition) is 3. The maximum Gasteiger partial charge on any atom is 0.0614 e. The Kier molecular flexibility index (Phi) is 5.46. The Morgan fingerprint density at radius 3 is 2.72 bits per heavy atom. The third kappa shape index (κ3) is 3.69. The van der Waals surface area contributed by atoms with E-state index in [0.29, 0.717) is 6.10 Å². The van der Waals surface area contributed by atoms with E-state index in [4.69, 9.17) is 4.74 Å². The topological polar surface area (TPSA) is 41.5 Å². The van der Waals surface area contributed by atoms with Crippen molar-refractivity contribution in [2.24, 2.45) is 5.92 Å². The SMILES string of the molecule is CCCNC1(CO)CCC(OCC2CCCC2)C1. The van der Waals surface area contributed by atoms with Gasteiger partial charge in [-0.1, -0.05) is 19.8 Å². The van der Waals surface area contributed by atoms with Crippen LogP contribution < -0.4 is 5.32 Å². The molecule has 0 heterocycles. The van der Waals surface area contributed by atoms with E-state index in [1.807, 2.05) is 0 Å². The lowest BCUT2D eigenvalue weighted by atomic mass is 9.98. The molecule has 0 bridgehead atoms. The molecule has 3 heteroatoms. The van der Waals surface area contributed by atoms with Crippen molar-refractivity contribution < 1.29 is 9.84 Å². The van der Waals surface area contributed by atoms with Crippen molar-refractivity contribution in [3.63, 3.8) is 0 Å². The lowest BCUT2D eigenvalue weighted by Crippen LogP contribution is -2.47. The van der Waals surface area contributed by atoms with Crippen LogP contribution in [0, 0.1) is 5.92 Å². The van der Waals surface area contributed by atoms with Crippen LogP contribution in [0.3, 0.4) is 0 Å². The van der Waals surface area contributed by atoms with Crippen LogP contribution in [0.4, 0.5) is 0 Å². The fourth-order valence-electron chi connectivity index (χ4n) is 3.42. The summed E-state index contributed by atoms with van der Waals surface area (Å²) in [6.07, 6.45) is 10.1. The van der Waals surface area contributed by atoms with Gasteiger partial charge in [-0.3, -0.25) is 0 Å². The molecule has 2 saturated carbocycles. The van der Waals surface area contributed by atoms with E-state index in [0.717, 1.165) is 44.8 Å². The van der Waals surface area contributed by atoms with Crippen molar-refractivity contribution in [1.82, 2.24) is 5.32 Å². The highest BCUT2D eigenvalue weighted by atomic mass is 16.5. The second kappa shape index (κ2) is 6.88. The fraction of sp³-hybridized carbons (Fsp3) is 1.00. The van der Waals surface area contributed by atoms with Gasteiger partial charge in [0.2, 0.25) is 0 Å². The molecule has 2 unspecified atom stereocenters. The summed E-state index contributed by atoms with van der Waals surface area (Å²) >= 11 is 0. The molecule has 0 spiro atoms. The molecule has 0 saturated heterocycles. The minimum Gasteiger partial charge on any atom is -0.394 e. The molecule has 18 heavy (non-hydrogen) atoms. The van der Waals surface area contributed by atoms with Gasteiger partial charge in [0.05, 0.1) is 12.7 Å². The number of ether oxygens (including phenoxy) is 1. The van der Waals surface area contributed by atoms with Crippen LogP contribution >= 0.6 is 0 Å². The zero-order valence-electron chi connectivity index (χ0n) is 11.8. The van der Waals surface area contributed by atoms with E-state index in [1.165, 1.54) is 25.7 Å². The second-order valence-corrected chi connectivity index (χ2v) is 6.21. The van der Waals surface area contributed by atoms with Crippen molar-refractivity contribution in [2.45, 2.75) is 69.9 Å². The number of aliphatic hydroxyl groups excluding tert-OH is 1. The summed E-state index contributed by atoms with van der Waals surface area (Å²) in [6, 6.07) is 0. The molecule has 2 rings (SSSR count). The number of rotatable bonds is 7. The molecule has 0 aromatic heterocycles. The van der Waals surface area contributed by atoms with Gasteiger partial charge in [-0.25, -0.2) is 0 Å². The predicted molar refractivity (Wildman–Crippen MR) is 73.7 cm³/mol. The first-order chi connectivity index (χ1) is 8.78. The molecule has 3 nitrogen and oxygen atoms in total. The molecule has 0 amide bonds. The standard InChI is InChI=1S/C15H29NO2/c1-2-9-16-15(12-17)8-7-14(10-15)18-11-13-5-3-4-6-13/h13-14,16-17H,2-12H2,1H3. The van der Waals surface area contributed by atoms with E-state index in [-0.39, 0.29) is 12.1 Å². The smallest absolute Gasteiger partial charge is 0.0614 e. The molecule has 2 atom stereocenters. The fourth-order valence-corrected chi connectivity index (χ4v) is 3.42. The second-order valence-electron chi connectivity index (χ2n) is 6.21. The number of aliphatic hydroxyl groups is 1. The summed E-state index contributed by atoms with van der Waals surface area (Å²) in [5.74, 6) is 0.803. The molecule has 0 aromatic carbocycles. The summed E-state index contributed by atoms with van der Waals surface area (Å²) in [5, 5.41) is 13.1. The van der Waals surface area contributed by atoms with Gasteiger partial charge in [0.25, 0.3) is 0 Å². The van der Waals surface area contributed by atoms with Crippen LogP contribution in [-0.2, 0) is 4.74 Å². The third-order valence-electron chi connectivity index (χ3n) is 4.66. The zero-order valence-corrected chi connectivity index (χ0v) is 11.8. The van der Waals surface area contributed by atoms with Crippen LogP contribution in [0.1, 0.15) is 58.3 Å². The first-order valence-electron chi connectivity index (χ1n) is 7.75. The Morgan fingerprint density at radius 2 is 2.06 bits per heavy atom. The minimum absolute atomic E-state index is 0.0592. The van der Waals surface area contributed by atoms with Gasteiger partial charge in [-0.2, -0.15) is 0 Å². The van der Waals surface area contributed by atoms with Gasteiger partial charge >= 0.3 is 0 Å². The van der Waals surface area contributed by atoms with Gasteiger partial charge in [0.1, 0.15) is 0 Å². The predicted octanol–water partition coefficient (Wildman–Crippen LogP) is 2.48. The number of hydrogen-bond donors (Lipinski definition) is 2. The molecule has 0 aliphatic heterocycles. The highest BCUT2D eigenvalue weighted by molar-refractivity contribution is 4.96. The maximum atomic E-state index is 9.62. The molecule has 2 aliphatic carbocycles. The van der Waals surface area contributed by atoms with E-state index in [2.05, 4.69) is 12.2 Å². The van der Waals surface area contributed by atoms with Gasteiger partial charge < -0.3 is 15.2 Å². The van der Waals surface area contributed by atoms with Crippen molar-refractivity contribution in [3.05, 3.63) is 0 Å². The highest BCUT2D eigenvalue weighted by Gasteiger charge is 2.38. The quantitative estimate of drug-likeness (QED) is 0.734. The Balaban J connectivity index is 1.71. The normalized spacial score (nSPS) is 33.3. The van der Waals surface area contributed by atoms with Crippen LogP contribution in [0.15, 0.2) is 0 Å². The van der Waals surface area contributed by atoms with Crippen LogP contribution in [0.5, 0.6) is 0 Å². The van der Waals surface area contributed by atoms with Crippen molar-refractivity contribution in [2.75, 3.05) is 19.8 Å². The zero-order chi connectivity index (χ0) is 12.8. The van der Waals surface area contributed by atoms with Gasteiger partial charge in [-0.05, 0) is 51.0 Å². The van der Waals surface area contributed by atoms with Crippen LogP contribution in [0.25, 0.3) is 0 Å². The first-order valence-corrected chi connectivity index (χ1v) is 7.75. The van der Waals surface area contributed by atoms with E-state index >= 15 is 0 Å². The Morgan fingerprint density at radius 1 is 1.28 bits per heavy atom. The molecule has 0 aromatic rings. The van der Waals surface area contributed by atoms with Crippen LogP contribution in [-0.4, -0.2) is 36.5 Å². The molecule has 2 aliphatic rings. The molecule has 2 N–H and O–H groups in total. The van der Waals surface area contributed by atoms with Gasteiger partial charge in [0, 0.05) is 12.1 Å². The number of nitrogens with one attached hydrogen (secondary N) is 1. The maximum absolute atomic E-state index is 9.62. The minimum atomic E-state index is -0.0592. The van der Waals surface area contributed by atoms with Gasteiger partial charge in [-0.15, -0.1) is 0 Å². The highest BCUT2D eigenvalue weighted by Crippen LogP contribution is 2.33. The monoisotopic (exact) mass is 255 g/mol. The largest absolute Gasteiger partial charge is 0.394 e. The summed E-state index contributed by atoms with van der Waals surface area (Å²) in [4.78, 5) is 0. The van der Waals surface area contributed by atoms with E-state index < -0.39 is 0 Å². The van der Waals surface area contributed by atoms with Crippen molar-refractivity contribution in [3.8, 4) is 0 Å². The average Bonchev–Trinajstić information content (AvgIpc) is 3.04. The Bertz CT molecular complexity index is 241. The summed E-state index contributed by atoms with van der Waals surface area (Å²) in [5.41, 5.74) is -0.0592. The van der Waals surface area contributed by atoms with Gasteiger partial charge in [0.15, 0.2) is 0 Å². The molecule has 106 valence electrons. The average molecular weight is 255 g/mol. The van der Waals surface area contributed by atoms with Crippen molar-refractivity contribution in [1.29, 1.82) is 0 Å². The summed E-state index contributed by atoms with van der Waals surface area (Å²) in [6.45, 7) is 4.35. The van der Waals surface area contributed by atoms with E-state index in [9.17, 15) is 5.11 Å². The van der Waals surface area contributed by atoms with E-state index in [1.54, 1.807) is 0 Å². The molecular formula is C15H29NO2. The van der Waals surface area contributed by atoms with Crippen molar-refractivity contribution >= 4 is 0 Å². The molecule has 0 radical (unpaired) electrons. The lowest BCUT2D eigenvalue weighted by molar-refractivity contribution is 0.0260. The third-order valence-corrected chi connectivity index (χ3v) is 4.66. The Hall–Kier alpha value is -0.120. The van der Waals surface area contributed by atoms with Crippen LogP contribution in [0.2, 0.25) is 0 Å². The first kappa shape index (κ1) is 14.3. The summed E-state index contributed by atoms with van der Waals surface area (Å²) in [7, 11) is 0.